The Kier molecular flexibility index (Phi) is 11.9. The lowest BCUT2D eigenvalue weighted by molar-refractivity contribution is 0.0646. The molecule has 1 fully saturated rings. The van der Waals surface area contributed by atoms with Gasteiger partial charge >= 0.3 is 0 Å². The van der Waals surface area contributed by atoms with Crippen molar-refractivity contribution < 1.29 is 14.6 Å². The van der Waals surface area contributed by atoms with Crippen LogP contribution < -0.4 is 10.6 Å². The summed E-state index contributed by atoms with van der Waals surface area (Å²) in [6.45, 7) is 5.98. The number of halogens is 1. The van der Waals surface area contributed by atoms with Crippen molar-refractivity contribution in [2.45, 2.75) is 32.3 Å². The van der Waals surface area contributed by atoms with Crippen LogP contribution in [0, 0.1) is 5.41 Å². The number of hydrogen-bond donors (Lipinski definition) is 3. The first-order valence-electron chi connectivity index (χ1n) is 9.49. The number of guanidine groups is 1. The molecule has 0 spiro atoms. The Bertz CT molecular complexity index is 537. The first-order chi connectivity index (χ1) is 12.7. The highest BCUT2D eigenvalue weighted by atomic mass is 127. The van der Waals surface area contributed by atoms with Crippen LogP contribution in [0.5, 0.6) is 0 Å². The van der Waals surface area contributed by atoms with Gasteiger partial charge in [0.15, 0.2) is 5.96 Å². The molecule has 0 bridgehead atoms. The molecule has 0 radical (unpaired) electrons. The molecule has 1 aromatic carbocycles. The average molecular weight is 491 g/mol. The molecular weight excluding hydrogens is 457 g/mol. The summed E-state index contributed by atoms with van der Waals surface area (Å²) >= 11 is 0. The van der Waals surface area contributed by atoms with E-state index >= 15 is 0 Å². The highest BCUT2D eigenvalue weighted by molar-refractivity contribution is 14.0. The van der Waals surface area contributed by atoms with Crippen LogP contribution in [0.1, 0.15) is 37.9 Å². The summed E-state index contributed by atoms with van der Waals surface area (Å²) in [5, 5.41) is 16.0. The van der Waals surface area contributed by atoms with Crippen molar-refractivity contribution in [2.75, 3.05) is 46.6 Å². The van der Waals surface area contributed by atoms with Crippen LogP contribution in [0.4, 0.5) is 0 Å². The molecule has 0 saturated carbocycles. The minimum Gasteiger partial charge on any atom is -0.396 e. The fourth-order valence-electron chi connectivity index (χ4n) is 3.16. The predicted molar refractivity (Wildman–Crippen MR) is 120 cm³/mol. The van der Waals surface area contributed by atoms with Gasteiger partial charge in [0.1, 0.15) is 0 Å². The highest BCUT2D eigenvalue weighted by Crippen LogP contribution is 2.31. The fraction of sp³-hybridized carbons (Fsp3) is 0.650. The number of aliphatic imine (C=N–C) groups is 1. The van der Waals surface area contributed by atoms with E-state index in [4.69, 9.17) is 9.47 Å². The molecule has 3 N–H and O–H groups in total. The number of hydrogen-bond acceptors (Lipinski definition) is 4. The summed E-state index contributed by atoms with van der Waals surface area (Å²) in [5.74, 6) is 0.783. The molecule has 1 aromatic rings. The molecule has 0 aromatic heterocycles. The van der Waals surface area contributed by atoms with E-state index in [2.05, 4.69) is 34.7 Å². The molecule has 27 heavy (non-hydrogen) atoms. The Balaban J connectivity index is 0.00000364. The van der Waals surface area contributed by atoms with Crippen LogP contribution in [0.2, 0.25) is 0 Å². The lowest BCUT2D eigenvalue weighted by atomic mass is 9.84. The van der Waals surface area contributed by atoms with Crippen molar-refractivity contribution >= 4 is 29.9 Å². The minimum absolute atomic E-state index is 0. The van der Waals surface area contributed by atoms with E-state index < -0.39 is 0 Å². The van der Waals surface area contributed by atoms with Crippen LogP contribution in [-0.4, -0.2) is 57.6 Å². The van der Waals surface area contributed by atoms with Crippen molar-refractivity contribution in [3.63, 3.8) is 0 Å². The second kappa shape index (κ2) is 13.3. The first-order valence-corrected chi connectivity index (χ1v) is 9.49. The molecule has 7 heteroatoms. The normalized spacial score (nSPS) is 20.8. The van der Waals surface area contributed by atoms with E-state index in [9.17, 15) is 5.11 Å². The lowest BCUT2D eigenvalue weighted by Crippen LogP contribution is -2.44. The van der Waals surface area contributed by atoms with Crippen molar-refractivity contribution in [3.8, 4) is 0 Å². The van der Waals surface area contributed by atoms with Crippen LogP contribution in [0.3, 0.4) is 0 Å². The molecule has 1 aliphatic rings. The van der Waals surface area contributed by atoms with Gasteiger partial charge < -0.3 is 25.2 Å². The van der Waals surface area contributed by atoms with E-state index in [1.54, 1.807) is 7.05 Å². The maximum atomic E-state index is 9.30. The largest absolute Gasteiger partial charge is 0.396 e. The maximum Gasteiger partial charge on any atom is 0.190 e. The second-order valence-electron chi connectivity index (χ2n) is 6.91. The van der Waals surface area contributed by atoms with Crippen molar-refractivity contribution in [1.82, 2.24) is 10.6 Å². The number of ether oxygens (including phenoxy) is 2. The third-order valence-electron chi connectivity index (χ3n) is 4.93. The molecule has 2 rings (SSSR count). The zero-order valence-corrected chi connectivity index (χ0v) is 18.8. The summed E-state index contributed by atoms with van der Waals surface area (Å²) in [6.07, 6.45) is 2.74. The van der Waals surface area contributed by atoms with Gasteiger partial charge in [-0.25, -0.2) is 0 Å². The van der Waals surface area contributed by atoms with E-state index in [-0.39, 0.29) is 42.1 Å². The second-order valence-corrected chi connectivity index (χ2v) is 6.91. The number of aliphatic hydroxyl groups is 1. The molecule has 1 heterocycles. The van der Waals surface area contributed by atoms with Gasteiger partial charge in [0, 0.05) is 45.4 Å². The van der Waals surface area contributed by atoms with E-state index in [1.165, 1.54) is 5.56 Å². The van der Waals surface area contributed by atoms with Gasteiger partial charge in [-0.05, 0) is 31.7 Å². The molecule has 1 aliphatic heterocycles. The quantitative estimate of drug-likeness (QED) is 0.203. The zero-order valence-electron chi connectivity index (χ0n) is 16.4. The van der Waals surface area contributed by atoms with Crippen LogP contribution in [0.25, 0.3) is 0 Å². The molecule has 1 saturated heterocycles. The third-order valence-corrected chi connectivity index (χ3v) is 4.93. The minimum atomic E-state index is 0. The molecular formula is C20H34IN3O3. The van der Waals surface area contributed by atoms with Crippen molar-refractivity contribution in [2.24, 2.45) is 10.4 Å². The Hall–Kier alpha value is -0.900. The number of benzene rings is 1. The molecule has 0 amide bonds. The Morgan fingerprint density at radius 3 is 2.74 bits per heavy atom. The predicted octanol–water partition coefficient (Wildman–Crippen LogP) is 2.73. The van der Waals surface area contributed by atoms with Gasteiger partial charge in [-0.15, -0.1) is 24.0 Å². The molecule has 0 aliphatic carbocycles. The number of nitrogens with zero attached hydrogens (tertiary/aromatic N) is 1. The van der Waals surface area contributed by atoms with Crippen molar-refractivity contribution in [3.05, 3.63) is 35.9 Å². The maximum absolute atomic E-state index is 9.30. The average Bonchev–Trinajstić information content (AvgIpc) is 3.13. The van der Waals surface area contributed by atoms with Crippen LogP contribution >= 0.6 is 24.0 Å². The Labute approximate surface area is 180 Å². The Morgan fingerprint density at radius 1 is 1.33 bits per heavy atom. The van der Waals surface area contributed by atoms with Gasteiger partial charge in [-0.1, -0.05) is 30.3 Å². The number of nitrogens with one attached hydrogen (secondary N) is 2. The zero-order chi connectivity index (χ0) is 18.7. The van der Waals surface area contributed by atoms with E-state index in [0.717, 1.165) is 44.9 Å². The molecule has 2 unspecified atom stereocenters. The SMILES string of the molecule is CN=C(NCCCOC(C)c1ccccc1)NCC1(CCO)CCOC1.I. The van der Waals surface area contributed by atoms with Crippen LogP contribution in [0.15, 0.2) is 35.3 Å². The van der Waals surface area contributed by atoms with Gasteiger partial charge in [0.05, 0.1) is 12.7 Å². The van der Waals surface area contributed by atoms with E-state index in [1.807, 2.05) is 18.2 Å². The summed E-state index contributed by atoms with van der Waals surface area (Å²) in [4.78, 5) is 4.27. The topological polar surface area (TPSA) is 75.1 Å². The fourth-order valence-corrected chi connectivity index (χ4v) is 3.16. The molecule has 6 nitrogen and oxygen atoms in total. The molecule has 154 valence electrons. The van der Waals surface area contributed by atoms with Crippen LogP contribution in [-0.2, 0) is 9.47 Å². The Morgan fingerprint density at radius 2 is 2.11 bits per heavy atom. The standard InChI is InChI=1S/C20H33N3O3.HI/c1-17(18-7-4-3-5-8-18)26-13-6-11-22-19(21-2)23-15-20(9-12-24)10-14-25-16-20;/h3-5,7-8,17,24H,6,9-16H2,1-2H3,(H2,21,22,23);1H. The third kappa shape index (κ3) is 8.33. The first kappa shape index (κ1) is 24.1. The van der Waals surface area contributed by atoms with Gasteiger partial charge in [0.25, 0.3) is 0 Å². The molecule has 2 atom stereocenters. The smallest absolute Gasteiger partial charge is 0.190 e. The summed E-state index contributed by atoms with van der Waals surface area (Å²) < 4.78 is 11.4. The van der Waals surface area contributed by atoms with Gasteiger partial charge in [-0.3, -0.25) is 4.99 Å². The summed E-state index contributed by atoms with van der Waals surface area (Å²) in [5.41, 5.74) is 1.21. The van der Waals surface area contributed by atoms with Gasteiger partial charge in [-0.2, -0.15) is 0 Å². The summed E-state index contributed by atoms with van der Waals surface area (Å²) in [7, 11) is 1.77. The summed E-state index contributed by atoms with van der Waals surface area (Å²) in [6, 6.07) is 10.3. The van der Waals surface area contributed by atoms with Crippen molar-refractivity contribution in [1.29, 1.82) is 0 Å². The monoisotopic (exact) mass is 491 g/mol. The highest BCUT2D eigenvalue weighted by Gasteiger charge is 2.34. The number of aliphatic hydroxyl groups excluding tert-OH is 1. The van der Waals surface area contributed by atoms with Gasteiger partial charge in [0.2, 0.25) is 0 Å². The lowest BCUT2D eigenvalue weighted by Gasteiger charge is -2.27. The number of rotatable bonds is 10. The van der Waals surface area contributed by atoms with E-state index in [0.29, 0.717) is 13.2 Å².